The third-order valence-corrected chi connectivity index (χ3v) is 10.0. The van der Waals surface area contributed by atoms with Crippen LogP contribution in [0.25, 0.3) is 0 Å². The fraction of sp³-hybridized carbons (Fsp3) is 0.976. The van der Waals surface area contributed by atoms with E-state index in [-0.39, 0.29) is 0 Å². The summed E-state index contributed by atoms with van der Waals surface area (Å²) in [4.78, 5) is 0. The van der Waals surface area contributed by atoms with Gasteiger partial charge in [-0.15, -0.1) is 0 Å². The maximum Gasteiger partial charge on any atom is -0.0414 e. The fourth-order valence-electron chi connectivity index (χ4n) is 7.04. The molecule has 0 aromatic carbocycles. The highest BCUT2D eigenvalue weighted by atomic mass is 14.1. The Morgan fingerprint density at radius 2 is 0.452 bits per heavy atom. The van der Waals surface area contributed by atoms with Gasteiger partial charge in [0.15, 0.2) is 0 Å². The molecule has 0 aliphatic heterocycles. The molecule has 0 bridgehead atoms. The lowest BCUT2D eigenvalue weighted by atomic mass is 9.90. The van der Waals surface area contributed by atoms with Gasteiger partial charge in [0.05, 0.1) is 0 Å². The summed E-state index contributed by atoms with van der Waals surface area (Å²) in [6.07, 6.45) is 55.6. The zero-order valence-electron chi connectivity index (χ0n) is 30.2. The minimum Gasteiger partial charge on any atom is -0.0654 e. The lowest BCUT2D eigenvalue weighted by Crippen LogP contribution is -2.00. The average Bonchev–Trinajstić information content (AvgIpc) is 3.00. The van der Waals surface area contributed by atoms with Crippen molar-refractivity contribution in [3.8, 4) is 0 Å². The smallest absolute Gasteiger partial charge is 0.0414 e. The van der Waals surface area contributed by atoms with E-state index < -0.39 is 0 Å². The zero-order valence-corrected chi connectivity index (χ0v) is 30.2. The standard InChI is InChI=1S/C42H85/c1-4-7-9-11-13-15-17-19-21-23-24-26-28-30-32-34-36-38-41-42(39-6-3)40-37-35-33-31-29-27-25-22-20-18-16-14-12-10-8-5-2/h42H,3-41H2,1-2H3. The summed E-state index contributed by atoms with van der Waals surface area (Å²) in [5, 5.41) is 0. The van der Waals surface area contributed by atoms with E-state index in [4.69, 9.17) is 0 Å². The van der Waals surface area contributed by atoms with Crippen LogP contribution in [0, 0.1) is 12.8 Å². The molecule has 42 heavy (non-hydrogen) atoms. The minimum atomic E-state index is 0.968. The predicted octanol–water partition coefficient (Wildman–Crippen LogP) is 16.3. The Labute approximate surface area is 270 Å². The number of unbranched alkanes of at least 4 members (excludes halogenated alkanes) is 32. The van der Waals surface area contributed by atoms with Gasteiger partial charge in [-0.2, -0.15) is 0 Å². The summed E-state index contributed by atoms with van der Waals surface area (Å²) in [5.74, 6) is 0.968. The molecule has 0 N–H and O–H groups in total. The summed E-state index contributed by atoms with van der Waals surface area (Å²) in [5.41, 5.74) is 0. The maximum absolute atomic E-state index is 4.18. The lowest BCUT2D eigenvalue weighted by Gasteiger charge is -2.16. The molecule has 0 rings (SSSR count). The number of hydrogen-bond acceptors (Lipinski definition) is 0. The molecule has 0 nitrogen and oxygen atoms in total. The van der Waals surface area contributed by atoms with Crippen LogP contribution < -0.4 is 0 Å². The molecular formula is C42H85. The highest BCUT2D eigenvalue weighted by Crippen LogP contribution is 2.23. The first-order valence-electron chi connectivity index (χ1n) is 20.6. The largest absolute Gasteiger partial charge is 0.0654 e. The molecule has 1 atom stereocenters. The highest BCUT2D eigenvalue weighted by molar-refractivity contribution is 4.62. The minimum absolute atomic E-state index is 0.968. The van der Waals surface area contributed by atoms with Crippen molar-refractivity contribution in [2.24, 2.45) is 5.92 Å². The molecule has 1 unspecified atom stereocenters. The van der Waals surface area contributed by atoms with E-state index in [2.05, 4.69) is 20.8 Å². The normalized spacial score (nSPS) is 12.4. The van der Waals surface area contributed by atoms with Crippen molar-refractivity contribution in [1.82, 2.24) is 0 Å². The second kappa shape index (κ2) is 39.0. The molecule has 0 saturated carbocycles. The summed E-state index contributed by atoms with van der Waals surface area (Å²) < 4.78 is 0. The first-order valence-corrected chi connectivity index (χ1v) is 20.6. The Bertz CT molecular complexity index is 439. The van der Waals surface area contributed by atoms with E-state index in [1.165, 1.54) is 238 Å². The van der Waals surface area contributed by atoms with Crippen LogP contribution in [-0.4, -0.2) is 0 Å². The van der Waals surface area contributed by atoms with E-state index in [0.717, 1.165) is 12.3 Å². The third-order valence-electron chi connectivity index (χ3n) is 10.0. The highest BCUT2D eigenvalue weighted by Gasteiger charge is 2.07. The monoisotopic (exact) mass is 590 g/mol. The van der Waals surface area contributed by atoms with Crippen LogP contribution in [0.4, 0.5) is 0 Å². The van der Waals surface area contributed by atoms with Crippen LogP contribution in [0.2, 0.25) is 0 Å². The van der Waals surface area contributed by atoms with Gasteiger partial charge in [-0.25, -0.2) is 0 Å². The van der Waals surface area contributed by atoms with Crippen LogP contribution in [0.1, 0.15) is 258 Å². The second-order valence-electron chi connectivity index (χ2n) is 14.4. The van der Waals surface area contributed by atoms with Crippen LogP contribution in [0.5, 0.6) is 0 Å². The quantitative estimate of drug-likeness (QED) is 0.0628. The van der Waals surface area contributed by atoms with Crippen molar-refractivity contribution < 1.29 is 0 Å². The third kappa shape index (κ3) is 36.2. The average molecular weight is 590 g/mol. The Morgan fingerprint density at radius 3 is 0.643 bits per heavy atom. The van der Waals surface area contributed by atoms with Crippen molar-refractivity contribution in [3.63, 3.8) is 0 Å². The van der Waals surface area contributed by atoms with E-state index in [1.807, 2.05) is 0 Å². The topological polar surface area (TPSA) is 0 Å². The molecule has 0 saturated heterocycles. The van der Waals surface area contributed by atoms with E-state index in [0.29, 0.717) is 0 Å². The van der Waals surface area contributed by atoms with Gasteiger partial charge >= 0.3 is 0 Å². The van der Waals surface area contributed by atoms with Gasteiger partial charge in [0.2, 0.25) is 0 Å². The SMILES string of the molecule is [CH2]CCC(CCCCCCCCCCCCCCCCCC)CCCCCCCCCCCCCCCCCCCC. The molecule has 0 aromatic rings. The molecule has 0 aliphatic rings. The van der Waals surface area contributed by atoms with Crippen LogP contribution in [0.3, 0.4) is 0 Å². The zero-order chi connectivity index (χ0) is 30.4. The summed E-state index contributed by atoms with van der Waals surface area (Å²) in [6.45, 7) is 8.80. The Morgan fingerprint density at radius 1 is 0.262 bits per heavy atom. The van der Waals surface area contributed by atoms with E-state index >= 15 is 0 Å². The first kappa shape index (κ1) is 42.0. The van der Waals surface area contributed by atoms with Crippen LogP contribution in [0.15, 0.2) is 0 Å². The molecule has 1 radical (unpaired) electrons. The predicted molar refractivity (Wildman–Crippen MR) is 196 cm³/mol. The maximum atomic E-state index is 4.18. The van der Waals surface area contributed by atoms with Crippen molar-refractivity contribution in [2.45, 2.75) is 258 Å². The Kier molecular flexibility index (Phi) is 39.0. The molecule has 0 heterocycles. The van der Waals surface area contributed by atoms with Crippen LogP contribution in [-0.2, 0) is 0 Å². The lowest BCUT2D eigenvalue weighted by molar-refractivity contribution is 0.381. The van der Waals surface area contributed by atoms with Crippen molar-refractivity contribution in [3.05, 3.63) is 6.92 Å². The molecule has 0 spiro atoms. The molecule has 0 heteroatoms. The van der Waals surface area contributed by atoms with Gasteiger partial charge in [0, 0.05) is 0 Å². The van der Waals surface area contributed by atoms with Crippen LogP contribution >= 0.6 is 0 Å². The van der Waals surface area contributed by atoms with Crippen molar-refractivity contribution in [1.29, 1.82) is 0 Å². The van der Waals surface area contributed by atoms with Gasteiger partial charge in [0.1, 0.15) is 0 Å². The first-order chi connectivity index (χ1) is 20.8. The van der Waals surface area contributed by atoms with Gasteiger partial charge in [-0.05, 0) is 5.92 Å². The van der Waals surface area contributed by atoms with Crippen molar-refractivity contribution in [2.75, 3.05) is 0 Å². The molecule has 0 amide bonds. The van der Waals surface area contributed by atoms with Gasteiger partial charge in [-0.1, -0.05) is 265 Å². The fourth-order valence-corrected chi connectivity index (χ4v) is 7.04. The second-order valence-corrected chi connectivity index (χ2v) is 14.4. The summed E-state index contributed by atoms with van der Waals surface area (Å²) in [6, 6.07) is 0. The summed E-state index contributed by atoms with van der Waals surface area (Å²) >= 11 is 0. The molecule has 0 fully saturated rings. The van der Waals surface area contributed by atoms with E-state index in [9.17, 15) is 0 Å². The van der Waals surface area contributed by atoms with E-state index in [1.54, 1.807) is 0 Å². The number of hydrogen-bond donors (Lipinski definition) is 0. The summed E-state index contributed by atoms with van der Waals surface area (Å²) in [7, 11) is 0. The molecule has 253 valence electrons. The Hall–Kier alpha value is 0. The van der Waals surface area contributed by atoms with Gasteiger partial charge in [0.25, 0.3) is 0 Å². The van der Waals surface area contributed by atoms with Crippen molar-refractivity contribution >= 4 is 0 Å². The molecular weight excluding hydrogens is 504 g/mol. The molecule has 0 aromatic heterocycles. The number of rotatable bonds is 38. The molecule has 0 aliphatic carbocycles. The van der Waals surface area contributed by atoms with Gasteiger partial charge < -0.3 is 0 Å². The Balaban J connectivity index is 3.34. The van der Waals surface area contributed by atoms with Gasteiger partial charge in [-0.3, -0.25) is 0 Å².